The summed E-state index contributed by atoms with van der Waals surface area (Å²) < 4.78 is 46.5. The number of nitrogens with one attached hydrogen (secondary N) is 1. The molecule has 2 aliphatic rings. The number of allylic oxidation sites excluding steroid dienone is 2. The van der Waals surface area contributed by atoms with Crippen molar-refractivity contribution in [2.24, 2.45) is 5.92 Å². The number of hydrogen-bond donors (Lipinski definition) is 2. The summed E-state index contributed by atoms with van der Waals surface area (Å²) in [4.78, 5) is 12.1. The quantitative estimate of drug-likeness (QED) is 0.504. The van der Waals surface area contributed by atoms with Crippen LogP contribution in [0.4, 0.5) is 13.2 Å². The van der Waals surface area contributed by atoms with Crippen molar-refractivity contribution in [3.8, 4) is 0 Å². The Balaban J connectivity index is 2.22. The largest absolute Gasteiger partial charge is 0.573 e. The standard InChI is InChI=1S/C17H21ClF3NO4/c1-9(25-3)6-12(26-17(19,20)21)7-11(18)8-13-14(23)16(2,10-4-5-10)22-15(13)24/h6-7,9-10,23H,4-5,8H2,1-3H3,(H,22,24)/b11-7+,12-6+. The van der Waals surface area contributed by atoms with Gasteiger partial charge in [0.25, 0.3) is 5.91 Å². The molecule has 0 bridgehead atoms. The number of hydrogen-bond acceptors (Lipinski definition) is 4. The van der Waals surface area contributed by atoms with E-state index in [4.69, 9.17) is 16.3 Å². The molecule has 2 N–H and O–H groups in total. The molecule has 2 atom stereocenters. The second-order valence-corrected chi connectivity index (χ2v) is 7.07. The zero-order valence-electron chi connectivity index (χ0n) is 14.6. The van der Waals surface area contributed by atoms with Crippen LogP contribution in [0.1, 0.15) is 33.1 Å². The zero-order valence-corrected chi connectivity index (χ0v) is 15.4. The molecule has 0 spiro atoms. The summed E-state index contributed by atoms with van der Waals surface area (Å²) in [6.07, 6.45) is -1.91. The van der Waals surface area contributed by atoms with Gasteiger partial charge in [0.05, 0.1) is 17.2 Å². The predicted molar refractivity (Wildman–Crippen MR) is 89.2 cm³/mol. The first-order chi connectivity index (χ1) is 12.0. The number of ether oxygens (including phenoxy) is 2. The highest BCUT2D eigenvalue weighted by molar-refractivity contribution is 6.30. The van der Waals surface area contributed by atoms with Crippen LogP contribution in [0.3, 0.4) is 0 Å². The summed E-state index contributed by atoms with van der Waals surface area (Å²) in [5, 5.41) is 13.1. The van der Waals surface area contributed by atoms with E-state index in [0.29, 0.717) is 0 Å². The van der Waals surface area contributed by atoms with Crippen LogP contribution >= 0.6 is 11.6 Å². The van der Waals surface area contributed by atoms with Gasteiger partial charge in [-0.05, 0) is 44.8 Å². The van der Waals surface area contributed by atoms with Gasteiger partial charge in [0.15, 0.2) is 0 Å². The lowest BCUT2D eigenvalue weighted by Crippen LogP contribution is -2.43. The van der Waals surface area contributed by atoms with Crippen LogP contribution < -0.4 is 5.32 Å². The second kappa shape index (κ2) is 7.52. The summed E-state index contributed by atoms with van der Waals surface area (Å²) in [5.41, 5.74) is -0.790. The number of rotatable bonds is 7. The Morgan fingerprint density at radius 1 is 1.50 bits per heavy atom. The van der Waals surface area contributed by atoms with Crippen molar-refractivity contribution >= 4 is 17.5 Å². The van der Waals surface area contributed by atoms with Gasteiger partial charge >= 0.3 is 6.36 Å². The second-order valence-electron chi connectivity index (χ2n) is 6.58. The van der Waals surface area contributed by atoms with Crippen LogP contribution in [0.15, 0.2) is 34.3 Å². The average Bonchev–Trinajstić information content (AvgIpc) is 3.31. The van der Waals surface area contributed by atoms with E-state index in [1.54, 1.807) is 6.92 Å². The third kappa shape index (κ3) is 4.94. The molecule has 0 aromatic carbocycles. The van der Waals surface area contributed by atoms with Gasteiger partial charge in [-0.2, -0.15) is 0 Å². The Morgan fingerprint density at radius 3 is 2.62 bits per heavy atom. The fraction of sp³-hybridized carbons (Fsp3) is 0.588. The highest BCUT2D eigenvalue weighted by atomic mass is 35.5. The number of aliphatic hydroxyl groups is 1. The van der Waals surface area contributed by atoms with Crippen LogP contribution in [-0.4, -0.2) is 36.1 Å². The van der Waals surface area contributed by atoms with Crippen LogP contribution in [0, 0.1) is 5.92 Å². The van der Waals surface area contributed by atoms with E-state index >= 15 is 0 Å². The van der Waals surface area contributed by atoms with Gasteiger partial charge in [0.1, 0.15) is 11.5 Å². The normalized spacial score (nSPS) is 26.2. The highest BCUT2D eigenvalue weighted by Crippen LogP contribution is 2.46. The monoisotopic (exact) mass is 395 g/mol. The summed E-state index contributed by atoms with van der Waals surface area (Å²) in [7, 11) is 1.34. The van der Waals surface area contributed by atoms with Crippen molar-refractivity contribution in [3.05, 3.63) is 34.3 Å². The lowest BCUT2D eigenvalue weighted by atomic mass is 9.94. The maximum absolute atomic E-state index is 12.5. The molecule has 26 heavy (non-hydrogen) atoms. The molecule has 0 radical (unpaired) electrons. The smallest absolute Gasteiger partial charge is 0.509 e. The Morgan fingerprint density at radius 2 is 2.12 bits per heavy atom. The van der Waals surface area contributed by atoms with Crippen LogP contribution in [-0.2, 0) is 14.3 Å². The van der Waals surface area contributed by atoms with Gasteiger partial charge in [-0.3, -0.25) is 4.79 Å². The van der Waals surface area contributed by atoms with Gasteiger partial charge in [-0.25, -0.2) is 0 Å². The van der Waals surface area contributed by atoms with Gasteiger partial charge in [-0.15, -0.1) is 13.2 Å². The molecule has 0 aromatic rings. The molecule has 1 fully saturated rings. The Bertz CT molecular complexity index is 667. The van der Waals surface area contributed by atoms with Crippen molar-refractivity contribution in [1.82, 2.24) is 5.32 Å². The molecular formula is C17H21ClF3NO4. The fourth-order valence-corrected chi connectivity index (χ4v) is 3.07. The lowest BCUT2D eigenvalue weighted by Gasteiger charge is -2.24. The molecule has 146 valence electrons. The number of carbonyl (C=O) groups is 1. The van der Waals surface area contributed by atoms with E-state index in [9.17, 15) is 23.1 Å². The molecule has 1 amide bonds. The molecule has 2 rings (SSSR count). The summed E-state index contributed by atoms with van der Waals surface area (Å²) >= 11 is 6.04. The minimum atomic E-state index is -4.90. The molecule has 2 unspecified atom stereocenters. The first kappa shape index (κ1) is 20.6. The number of methoxy groups -OCH3 is 1. The van der Waals surface area contributed by atoms with Crippen LogP contribution in [0.5, 0.6) is 0 Å². The van der Waals surface area contributed by atoms with Crippen molar-refractivity contribution in [3.63, 3.8) is 0 Å². The molecule has 0 aromatic heterocycles. The van der Waals surface area contributed by atoms with E-state index in [1.165, 1.54) is 14.0 Å². The first-order valence-electron chi connectivity index (χ1n) is 8.07. The van der Waals surface area contributed by atoms with Crippen molar-refractivity contribution in [2.75, 3.05) is 7.11 Å². The van der Waals surface area contributed by atoms with E-state index < -0.39 is 29.7 Å². The van der Waals surface area contributed by atoms with Crippen molar-refractivity contribution < 1.29 is 32.5 Å². The van der Waals surface area contributed by atoms with Crippen LogP contribution in [0.25, 0.3) is 0 Å². The van der Waals surface area contributed by atoms with E-state index in [0.717, 1.165) is 25.0 Å². The topological polar surface area (TPSA) is 67.8 Å². The molecular weight excluding hydrogens is 375 g/mol. The SMILES string of the molecule is COC(C)/C=C(\C=C(\Cl)CC1=C(O)C(C)(C2CC2)NC1=O)OC(F)(F)F. The Hall–Kier alpha value is -1.67. The lowest BCUT2D eigenvalue weighted by molar-refractivity contribution is -0.303. The number of amides is 1. The van der Waals surface area contributed by atoms with Gasteiger partial charge in [0.2, 0.25) is 0 Å². The minimum Gasteiger partial charge on any atom is -0.509 e. The molecule has 1 aliphatic carbocycles. The van der Waals surface area contributed by atoms with E-state index in [-0.39, 0.29) is 28.7 Å². The van der Waals surface area contributed by atoms with E-state index in [2.05, 4.69) is 10.1 Å². The average molecular weight is 396 g/mol. The number of alkyl halides is 3. The first-order valence-corrected chi connectivity index (χ1v) is 8.45. The Kier molecular flexibility index (Phi) is 5.97. The maximum Gasteiger partial charge on any atom is 0.573 e. The minimum absolute atomic E-state index is 0.0480. The van der Waals surface area contributed by atoms with Gasteiger partial charge in [0, 0.05) is 18.6 Å². The molecule has 1 heterocycles. The molecule has 5 nitrogen and oxygen atoms in total. The number of carbonyl (C=O) groups excluding carboxylic acids is 1. The molecule has 0 saturated heterocycles. The third-order valence-corrected chi connectivity index (χ3v) is 4.71. The summed E-state index contributed by atoms with van der Waals surface area (Å²) in [6, 6.07) is 0. The van der Waals surface area contributed by atoms with E-state index in [1.807, 2.05) is 0 Å². The Labute approximate surface area is 154 Å². The highest BCUT2D eigenvalue weighted by Gasteiger charge is 2.51. The zero-order chi connectivity index (χ0) is 19.7. The van der Waals surface area contributed by atoms with Crippen LogP contribution in [0.2, 0.25) is 0 Å². The molecule has 1 aliphatic heterocycles. The van der Waals surface area contributed by atoms with Crippen molar-refractivity contribution in [1.29, 1.82) is 0 Å². The molecule has 1 saturated carbocycles. The fourth-order valence-electron chi connectivity index (χ4n) is 2.83. The number of aliphatic hydroxyl groups excluding tert-OH is 1. The van der Waals surface area contributed by atoms with Crippen molar-refractivity contribution in [2.45, 2.75) is 51.1 Å². The molecule has 9 heteroatoms. The summed E-state index contributed by atoms with van der Waals surface area (Å²) in [6.45, 7) is 3.25. The number of halogens is 4. The van der Waals surface area contributed by atoms with Gasteiger partial charge < -0.3 is 19.9 Å². The summed E-state index contributed by atoms with van der Waals surface area (Å²) in [5.74, 6) is -0.987. The maximum atomic E-state index is 12.5. The van der Waals surface area contributed by atoms with Gasteiger partial charge in [-0.1, -0.05) is 11.6 Å². The third-order valence-electron chi connectivity index (χ3n) is 4.47. The predicted octanol–water partition coefficient (Wildman–Crippen LogP) is 4.07.